The number of hydrogen-bond donors (Lipinski definition) is 1. The summed E-state index contributed by atoms with van der Waals surface area (Å²) in [6.45, 7) is 3.87. The van der Waals surface area contributed by atoms with Gasteiger partial charge in [0.05, 0.1) is 15.2 Å². The molecule has 0 aliphatic carbocycles. The maximum Gasteiger partial charge on any atom is 0.248 e. The Bertz CT molecular complexity index is 784. The highest BCUT2D eigenvalue weighted by molar-refractivity contribution is 9.11. The fraction of sp³-hybridized carbons (Fsp3) is 0.278. The van der Waals surface area contributed by atoms with E-state index in [1.165, 1.54) is 0 Å². The highest BCUT2D eigenvalue weighted by atomic mass is 79.9. The second-order valence-electron chi connectivity index (χ2n) is 5.92. The van der Waals surface area contributed by atoms with Gasteiger partial charge in [-0.2, -0.15) is 0 Å². The standard InChI is InChI=1S/C18H19BrClN3OS/c1-22-8-10-23(11-9-22)16-5-2-13(20)12-15(16)21-18(24)7-4-14-3-6-17(19)25-14/h2-7,12H,8-11H2,1H3,(H,21,24)/b7-4+. The van der Waals surface area contributed by atoms with Gasteiger partial charge in [-0.15, -0.1) is 11.3 Å². The van der Waals surface area contributed by atoms with Crippen molar-refractivity contribution in [3.63, 3.8) is 0 Å². The van der Waals surface area contributed by atoms with Crippen molar-refractivity contribution in [2.45, 2.75) is 0 Å². The summed E-state index contributed by atoms with van der Waals surface area (Å²) in [7, 11) is 2.12. The number of halogens is 2. The SMILES string of the molecule is CN1CCN(c2ccc(Cl)cc2NC(=O)/C=C/c2ccc(Br)s2)CC1. The Hall–Kier alpha value is -1.34. The van der Waals surface area contributed by atoms with Crippen molar-refractivity contribution in [2.75, 3.05) is 43.4 Å². The second kappa shape index (κ2) is 8.36. The molecule has 1 aliphatic heterocycles. The van der Waals surface area contributed by atoms with Crippen LogP contribution in [0.2, 0.25) is 5.02 Å². The fourth-order valence-corrected chi connectivity index (χ4v) is 4.18. The molecule has 1 aromatic heterocycles. The molecular formula is C18H19BrClN3OS. The summed E-state index contributed by atoms with van der Waals surface area (Å²) >= 11 is 11.1. The van der Waals surface area contributed by atoms with Crippen LogP contribution in [0.3, 0.4) is 0 Å². The quantitative estimate of drug-likeness (QED) is 0.708. The minimum atomic E-state index is -0.165. The van der Waals surface area contributed by atoms with Crippen LogP contribution in [-0.2, 0) is 4.79 Å². The van der Waals surface area contributed by atoms with Gasteiger partial charge < -0.3 is 15.1 Å². The molecule has 0 spiro atoms. The van der Waals surface area contributed by atoms with E-state index in [0.29, 0.717) is 5.02 Å². The van der Waals surface area contributed by atoms with Gasteiger partial charge in [-0.05, 0) is 59.4 Å². The maximum absolute atomic E-state index is 12.3. The van der Waals surface area contributed by atoms with Crippen LogP contribution in [0.4, 0.5) is 11.4 Å². The summed E-state index contributed by atoms with van der Waals surface area (Å²) in [6.07, 6.45) is 3.36. The van der Waals surface area contributed by atoms with E-state index in [1.54, 1.807) is 17.4 Å². The third kappa shape index (κ3) is 5.07. The first-order chi connectivity index (χ1) is 12.0. The first kappa shape index (κ1) is 18.5. The molecule has 0 saturated carbocycles. The van der Waals surface area contributed by atoms with E-state index in [4.69, 9.17) is 11.6 Å². The van der Waals surface area contributed by atoms with Crippen LogP contribution in [0.1, 0.15) is 4.88 Å². The van der Waals surface area contributed by atoms with Crippen molar-refractivity contribution in [1.29, 1.82) is 0 Å². The largest absolute Gasteiger partial charge is 0.367 e. The molecule has 1 aromatic carbocycles. The molecule has 3 rings (SSSR count). The van der Waals surface area contributed by atoms with E-state index in [9.17, 15) is 4.79 Å². The Morgan fingerprint density at radius 1 is 1.24 bits per heavy atom. The lowest BCUT2D eigenvalue weighted by atomic mass is 10.2. The van der Waals surface area contributed by atoms with Gasteiger partial charge in [0.2, 0.25) is 5.91 Å². The molecule has 0 bridgehead atoms. The topological polar surface area (TPSA) is 35.6 Å². The number of rotatable bonds is 4. The Kier molecular flexibility index (Phi) is 6.17. The van der Waals surface area contributed by atoms with Crippen LogP contribution >= 0.6 is 38.9 Å². The van der Waals surface area contributed by atoms with Crippen LogP contribution in [0.25, 0.3) is 6.08 Å². The van der Waals surface area contributed by atoms with Crippen LogP contribution in [0, 0.1) is 0 Å². The van der Waals surface area contributed by atoms with Crippen LogP contribution < -0.4 is 10.2 Å². The number of nitrogens with zero attached hydrogens (tertiary/aromatic N) is 2. The first-order valence-electron chi connectivity index (χ1n) is 7.99. The van der Waals surface area contributed by atoms with Crippen LogP contribution in [-0.4, -0.2) is 44.0 Å². The number of likely N-dealkylation sites (N-methyl/N-ethyl adjacent to an activating group) is 1. The molecule has 4 nitrogen and oxygen atoms in total. The number of amides is 1. The van der Waals surface area contributed by atoms with E-state index in [-0.39, 0.29) is 5.91 Å². The van der Waals surface area contributed by atoms with Gasteiger partial charge in [0.15, 0.2) is 0 Å². The van der Waals surface area contributed by atoms with Gasteiger partial charge in [0, 0.05) is 42.2 Å². The average molecular weight is 441 g/mol. The van der Waals surface area contributed by atoms with Gasteiger partial charge in [0.1, 0.15) is 0 Å². The van der Waals surface area contributed by atoms with E-state index < -0.39 is 0 Å². The molecular weight excluding hydrogens is 422 g/mol. The van der Waals surface area contributed by atoms with Crippen molar-refractivity contribution in [1.82, 2.24) is 4.90 Å². The Morgan fingerprint density at radius 3 is 2.68 bits per heavy atom. The number of carbonyl (C=O) groups excluding carboxylic acids is 1. The van der Waals surface area contributed by atoms with Gasteiger partial charge in [-0.1, -0.05) is 11.6 Å². The maximum atomic E-state index is 12.3. The van der Waals surface area contributed by atoms with E-state index in [0.717, 1.165) is 46.2 Å². The minimum absolute atomic E-state index is 0.165. The van der Waals surface area contributed by atoms with Crippen molar-refractivity contribution in [3.05, 3.63) is 50.1 Å². The Labute approximate surface area is 165 Å². The van der Waals surface area contributed by atoms with Gasteiger partial charge in [-0.25, -0.2) is 0 Å². The number of benzene rings is 1. The van der Waals surface area contributed by atoms with Gasteiger partial charge in [0.25, 0.3) is 0 Å². The number of piperazine rings is 1. The molecule has 1 aliphatic rings. The van der Waals surface area contributed by atoms with E-state index >= 15 is 0 Å². The lowest BCUT2D eigenvalue weighted by Crippen LogP contribution is -2.44. The summed E-state index contributed by atoms with van der Waals surface area (Å²) in [4.78, 5) is 17.9. The zero-order valence-corrected chi connectivity index (χ0v) is 17.0. The molecule has 132 valence electrons. The van der Waals surface area contributed by atoms with Crippen molar-refractivity contribution < 1.29 is 4.79 Å². The molecule has 2 heterocycles. The monoisotopic (exact) mass is 439 g/mol. The molecule has 2 aromatic rings. The highest BCUT2D eigenvalue weighted by Gasteiger charge is 2.18. The molecule has 25 heavy (non-hydrogen) atoms. The molecule has 1 saturated heterocycles. The van der Waals surface area contributed by atoms with E-state index in [1.807, 2.05) is 36.4 Å². The minimum Gasteiger partial charge on any atom is -0.367 e. The van der Waals surface area contributed by atoms with Gasteiger partial charge >= 0.3 is 0 Å². The smallest absolute Gasteiger partial charge is 0.248 e. The number of hydrogen-bond acceptors (Lipinski definition) is 4. The second-order valence-corrected chi connectivity index (χ2v) is 8.85. The summed E-state index contributed by atoms with van der Waals surface area (Å²) in [6, 6.07) is 9.58. The summed E-state index contributed by atoms with van der Waals surface area (Å²) in [5, 5.41) is 3.57. The molecule has 1 amide bonds. The number of nitrogens with one attached hydrogen (secondary N) is 1. The lowest BCUT2D eigenvalue weighted by molar-refractivity contribution is -0.111. The molecule has 1 fully saturated rings. The summed E-state index contributed by atoms with van der Waals surface area (Å²) in [5.41, 5.74) is 1.76. The predicted molar refractivity (Wildman–Crippen MR) is 111 cm³/mol. The lowest BCUT2D eigenvalue weighted by Gasteiger charge is -2.35. The normalized spacial score (nSPS) is 15.7. The number of thiophene rings is 1. The molecule has 1 N–H and O–H groups in total. The predicted octanol–water partition coefficient (Wildman–Crippen LogP) is 4.57. The third-order valence-corrected chi connectivity index (χ3v) is 5.88. The molecule has 0 radical (unpaired) electrons. The fourth-order valence-electron chi connectivity index (χ4n) is 2.68. The van der Waals surface area contributed by atoms with Gasteiger partial charge in [-0.3, -0.25) is 4.79 Å². The van der Waals surface area contributed by atoms with E-state index in [2.05, 4.69) is 38.1 Å². The van der Waals surface area contributed by atoms with Crippen LogP contribution in [0.15, 0.2) is 40.2 Å². The average Bonchev–Trinajstić information content (AvgIpc) is 3.00. The van der Waals surface area contributed by atoms with Crippen LogP contribution in [0.5, 0.6) is 0 Å². The Morgan fingerprint density at radius 2 is 2.00 bits per heavy atom. The Balaban J connectivity index is 1.73. The molecule has 7 heteroatoms. The first-order valence-corrected chi connectivity index (χ1v) is 9.97. The van der Waals surface area contributed by atoms with Crippen molar-refractivity contribution in [2.24, 2.45) is 0 Å². The highest BCUT2D eigenvalue weighted by Crippen LogP contribution is 2.30. The molecule has 0 unspecified atom stereocenters. The zero-order valence-electron chi connectivity index (χ0n) is 13.8. The zero-order chi connectivity index (χ0) is 17.8. The number of anilines is 2. The molecule has 0 atom stereocenters. The third-order valence-electron chi connectivity index (χ3n) is 4.05. The number of carbonyl (C=O) groups is 1. The summed E-state index contributed by atoms with van der Waals surface area (Å²) in [5.74, 6) is -0.165. The summed E-state index contributed by atoms with van der Waals surface area (Å²) < 4.78 is 1.04. The van der Waals surface area contributed by atoms with Crippen molar-refractivity contribution >= 4 is 62.2 Å². The van der Waals surface area contributed by atoms with Crippen molar-refractivity contribution in [3.8, 4) is 0 Å².